The Morgan fingerprint density at radius 1 is 1.15 bits per heavy atom. The van der Waals surface area contributed by atoms with Gasteiger partial charge < -0.3 is 14.8 Å². The minimum Gasteiger partial charge on any atom is -0.493 e. The number of fused-ring (bicyclic) bond motifs is 1. The van der Waals surface area contributed by atoms with Gasteiger partial charge in [-0.2, -0.15) is 5.10 Å². The molecule has 0 atom stereocenters. The number of carbonyl (C=O) groups is 1. The van der Waals surface area contributed by atoms with E-state index in [-0.39, 0.29) is 17.5 Å². The highest BCUT2D eigenvalue weighted by atomic mass is 32.2. The summed E-state index contributed by atoms with van der Waals surface area (Å²) in [5.41, 5.74) is 3.91. The number of carbonyl (C=O) groups excluding carboxylic acids is 1. The summed E-state index contributed by atoms with van der Waals surface area (Å²) in [6, 6.07) is 13.6. The van der Waals surface area contributed by atoms with E-state index in [0.717, 1.165) is 27.4 Å². The van der Waals surface area contributed by atoms with Crippen LogP contribution in [0.15, 0.2) is 59.8 Å². The average molecular weight is 467 g/mol. The molecule has 1 amide bonds. The normalized spacial score (nSPS) is 10.9. The number of methoxy groups -OCH3 is 2. The minimum atomic E-state index is -0.298. The van der Waals surface area contributed by atoms with E-state index in [4.69, 9.17) is 9.47 Å². The van der Waals surface area contributed by atoms with Crippen LogP contribution in [0.3, 0.4) is 0 Å². The van der Waals surface area contributed by atoms with E-state index in [1.807, 2.05) is 25.1 Å². The van der Waals surface area contributed by atoms with Gasteiger partial charge in [-0.15, -0.1) is 0 Å². The standard InChI is InChI=1S/C24H23FN4O3S/c1-15-11-22(29-24(28-15)19(13-27-29)16-7-9-18(25)10-8-16)33-14-21(30)26-12-17-5-4-6-20(31-2)23(17)32-3/h4-11,13H,12,14H2,1-3H3,(H,26,30). The minimum absolute atomic E-state index is 0.126. The third-order valence-corrected chi connectivity index (χ3v) is 6.03. The van der Waals surface area contributed by atoms with Crippen LogP contribution in [-0.2, 0) is 11.3 Å². The molecule has 0 bridgehead atoms. The number of benzene rings is 2. The molecule has 0 aliphatic heterocycles. The van der Waals surface area contributed by atoms with Crippen molar-refractivity contribution in [2.75, 3.05) is 20.0 Å². The van der Waals surface area contributed by atoms with Crippen molar-refractivity contribution in [3.8, 4) is 22.6 Å². The SMILES string of the molecule is COc1cccc(CNC(=O)CSc2cc(C)nc3c(-c4ccc(F)cc4)cnn23)c1OC. The Balaban J connectivity index is 1.47. The molecular weight excluding hydrogens is 443 g/mol. The second-order valence-corrected chi connectivity index (χ2v) is 8.25. The number of hydrogen-bond donors (Lipinski definition) is 1. The van der Waals surface area contributed by atoms with Gasteiger partial charge in [0.05, 0.1) is 26.2 Å². The van der Waals surface area contributed by atoms with Crippen molar-refractivity contribution < 1.29 is 18.7 Å². The number of nitrogens with one attached hydrogen (secondary N) is 1. The molecule has 4 rings (SSSR count). The number of rotatable bonds is 8. The second kappa shape index (κ2) is 9.91. The van der Waals surface area contributed by atoms with E-state index in [1.165, 1.54) is 23.9 Å². The number of thioether (sulfide) groups is 1. The third-order valence-electron chi connectivity index (χ3n) is 5.03. The Labute approximate surface area is 194 Å². The van der Waals surface area contributed by atoms with Crippen molar-refractivity contribution in [2.45, 2.75) is 18.5 Å². The molecule has 0 aliphatic rings. The molecule has 0 aliphatic carbocycles. The number of nitrogens with zero attached hydrogens (tertiary/aromatic N) is 3. The molecule has 9 heteroatoms. The maximum Gasteiger partial charge on any atom is 0.230 e. The molecule has 0 radical (unpaired) electrons. The number of aromatic nitrogens is 3. The molecule has 0 saturated carbocycles. The summed E-state index contributed by atoms with van der Waals surface area (Å²) in [6.45, 7) is 2.21. The topological polar surface area (TPSA) is 77.8 Å². The van der Waals surface area contributed by atoms with Gasteiger partial charge in [0.15, 0.2) is 17.1 Å². The van der Waals surface area contributed by atoms with Crippen LogP contribution in [0.5, 0.6) is 11.5 Å². The van der Waals surface area contributed by atoms with Gasteiger partial charge in [-0.1, -0.05) is 36.0 Å². The van der Waals surface area contributed by atoms with E-state index in [2.05, 4.69) is 15.4 Å². The van der Waals surface area contributed by atoms with Crippen LogP contribution in [0.1, 0.15) is 11.3 Å². The molecule has 0 fully saturated rings. The molecule has 0 saturated heterocycles. The molecule has 2 heterocycles. The van der Waals surface area contributed by atoms with Crippen LogP contribution in [0, 0.1) is 12.7 Å². The Morgan fingerprint density at radius 3 is 2.67 bits per heavy atom. The van der Waals surface area contributed by atoms with Crippen LogP contribution in [-0.4, -0.2) is 40.5 Å². The lowest BCUT2D eigenvalue weighted by atomic mass is 10.1. The molecule has 0 unspecified atom stereocenters. The lowest BCUT2D eigenvalue weighted by molar-refractivity contribution is -0.118. The van der Waals surface area contributed by atoms with E-state index >= 15 is 0 Å². The molecule has 170 valence electrons. The zero-order chi connectivity index (χ0) is 23.4. The molecule has 1 N–H and O–H groups in total. The first-order valence-corrected chi connectivity index (χ1v) is 11.2. The Morgan fingerprint density at radius 2 is 1.94 bits per heavy atom. The van der Waals surface area contributed by atoms with Gasteiger partial charge in [-0.3, -0.25) is 4.79 Å². The predicted octanol–water partition coefficient (Wildman–Crippen LogP) is 4.27. The maximum absolute atomic E-state index is 13.3. The molecule has 0 spiro atoms. The number of ether oxygens (including phenoxy) is 2. The first kappa shape index (κ1) is 22.6. The highest BCUT2D eigenvalue weighted by Crippen LogP contribution is 2.31. The van der Waals surface area contributed by atoms with Crippen molar-refractivity contribution in [1.82, 2.24) is 19.9 Å². The van der Waals surface area contributed by atoms with Gasteiger partial charge >= 0.3 is 0 Å². The quantitative estimate of drug-likeness (QED) is 0.309. The van der Waals surface area contributed by atoms with E-state index < -0.39 is 0 Å². The largest absolute Gasteiger partial charge is 0.493 e. The zero-order valence-corrected chi connectivity index (χ0v) is 19.3. The molecule has 33 heavy (non-hydrogen) atoms. The zero-order valence-electron chi connectivity index (χ0n) is 18.5. The van der Waals surface area contributed by atoms with Gasteiger partial charge in [0, 0.05) is 23.4 Å². The fourth-order valence-corrected chi connectivity index (χ4v) is 4.35. The smallest absolute Gasteiger partial charge is 0.230 e. The molecule has 2 aromatic carbocycles. The Hall–Kier alpha value is -3.59. The van der Waals surface area contributed by atoms with Crippen molar-refractivity contribution in [3.63, 3.8) is 0 Å². The van der Waals surface area contributed by atoms with E-state index in [1.54, 1.807) is 43.1 Å². The predicted molar refractivity (Wildman–Crippen MR) is 125 cm³/mol. The molecule has 2 aromatic heterocycles. The summed E-state index contributed by atoms with van der Waals surface area (Å²) in [6.07, 6.45) is 1.70. The van der Waals surface area contributed by atoms with Gasteiger partial charge in [0.1, 0.15) is 10.8 Å². The summed E-state index contributed by atoms with van der Waals surface area (Å²) in [7, 11) is 3.14. The van der Waals surface area contributed by atoms with Crippen LogP contribution in [0.2, 0.25) is 0 Å². The molecule has 7 nitrogen and oxygen atoms in total. The number of para-hydroxylation sites is 1. The Kier molecular flexibility index (Phi) is 6.79. The van der Waals surface area contributed by atoms with Crippen molar-refractivity contribution in [3.05, 3.63) is 71.8 Å². The second-order valence-electron chi connectivity index (χ2n) is 7.25. The summed E-state index contributed by atoms with van der Waals surface area (Å²) in [5, 5.41) is 8.16. The van der Waals surface area contributed by atoms with Crippen molar-refractivity contribution in [2.24, 2.45) is 0 Å². The van der Waals surface area contributed by atoms with Gasteiger partial charge in [0.25, 0.3) is 0 Å². The van der Waals surface area contributed by atoms with E-state index in [9.17, 15) is 9.18 Å². The summed E-state index contributed by atoms with van der Waals surface area (Å²) in [5.74, 6) is 0.996. The highest BCUT2D eigenvalue weighted by molar-refractivity contribution is 7.99. The summed E-state index contributed by atoms with van der Waals surface area (Å²) >= 11 is 1.37. The lowest BCUT2D eigenvalue weighted by Gasteiger charge is -2.13. The van der Waals surface area contributed by atoms with Gasteiger partial charge in [-0.05, 0) is 36.8 Å². The van der Waals surface area contributed by atoms with Crippen molar-refractivity contribution >= 4 is 23.3 Å². The number of aryl methyl sites for hydroxylation is 1. The number of halogens is 1. The Bertz CT molecular complexity index is 1290. The fraction of sp³-hybridized carbons (Fsp3) is 0.208. The third kappa shape index (κ3) is 4.93. The van der Waals surface area contributed by atoms with Gasteiger partial charge in [0.2, 0.25) is 5.91 Å². The molecular formula is C24H23FN4O3S. The average Bonchev–Trinajstić information content (AvgIpc) is 3.25. The molecule has 4 aromatic rings. The first-order chi connectivity index (χ1) is 16.0. The van der Waals surface area contributed by atoms with Crippen LogP contribution in [0.4, 0.5) is 4.39 Å². The fourth-order valence-electron chi connectivity index (χ4n) is 3.46. The van der Waals surface area contributed by atoms with E-state index in [0.29, 0.717) is 23.7 Å². The summed E-state index contributed by atoms with van der Waals surface area (Å²) in [4.78, 5) is 17.1. The van der Waals surface area contributed by atoms with Crippen LogP contribution < -0.4 is 14.8 Å². The monoisotopic (exact) mass is 466 g/mol. The lowest BCUT2D eigenvalue weighted by Crippen LogP contribution is -2.25. The van der Waals surface area contributed by atoms with Crippen LogP contribution >= 0.6 is 11.8 Å². The number of amides is 1. The van der Waals surface area contributed by atoms with Crippen molar-refractivity contribution in [1.29, 1.82) is 0 Å². The first-order valence-electron chi connectivity index (χ1n) is 10.2. The summed E-state index contributed by atoms with van der Waals surface area (Å²) < 4.78 is 25.7. The van der Waals surface area contributed by atoms with Crippen LogP contribution in [0.25, 0.3) is 16.8 Å². The highest BCUT2D eigenvalue weighted by Gasteiger charge is 2.15. The van der Waals surface area contributed by atoms with Gasteiger partial charge in [-0.25, -0.2) is 13.9 Å². The number of hydrogen-bond acceptors (Lipinski definition) is 6. The maximum atomic E-state index is 13.3.